The molecule has 28 heavy (non-hydrogen) atoms. The Hall–Kier alpha value is -2.54. The van der Waals surface area contributed by atoms with Gasteiger partial charge in [-0.25, -0.2) is 4.79 Å². The van der Waals surface area contributed by atoms with Crippen LogP contribution in [0, 0.1) is 0 Å². The highest BCUT2D eigenvalue weighted by Crippen LogP contribution is 2.31. The average molecular weight is 440 g/mol. The molecule has 0 aliphatic heterocycles. The lowest BCUT2D eigenvalue weighted by Crippen LogP contribution is -2.15. The minimum absolute atomic E-state index is 0.0179. The number of benzene rings is 2. The molecule has 0 saturated heterocycles. The van der Waals surface area contributed by atoms with Gasteiger partial charge < -0.3 is 9.26 Å². The number of halogens is 3. The molecule has 3 rings (SSSR count). The molecule has 0 aliphatic carbocycles. The Balaban J connectivity index is 2.01. The summed E-state index contributed by atoms with van der Waals surface area (Å²) in [6.07, 6.45) is 0. The van der Waals surface area contributed by atoms with Gasteiger partial charge in [0, 0.05) is 15.6 Å². The van der Waals surface area contributed by atoms with Gasteiger partial charge >= 0.3 is 5.97 Å². The van der Waals surface area contributed by atoms with E-state index in [1.807, 2.05) is 0 Å². The van der Waals surface area contributed by atoms with Crippen molar-refractivity contribution in [2.24, 2.45) is 0 Å². The molecule has 0 bridgehead atoms. The molecule has 1 amide bonds. The molecule has 0 unspecified atom stereocenters. The maximum absolute atomic E-state index is 12.6. The zero-order chi connectivity index (χ0) is 20.3. The number of carbonyl (C=O) groups excluding carboxylic acids is 2. The largest absolute Gasteiger partial charge is 0.462 e. The summed E-state index contributed by atoms with van der Waals surface area (Å²) in [7, 11) is 0. The van der Waals surface area contributed by atoms with Crippen LogP contribution in [0.2, 0.25) is 15.1 Å². The maximum Gasteiger partial charge on any atom is 0.346 e. The van der Waals surface area contributed by atoms with Crippen LogP contribution in [0.5, 0.6) is 0 Å². The normalized spacial score (nSPS) is 10.6. The summed E-state index contributed by atoms with van der Waals surface area (Å²) in [5.41, 5.74) is 0.879. The number of aromatic nitrogens is 1. The molecule has 144 valence electrons. The van der Waals surface area contributed by atoms with E-state index in [1.54, 1.807) is 37.3 Å². The van der Waals surface area contributed by atoms with Crippen LogP contribution in [-0.4, -0.2) is 23.6 Å². The second kappa shape index (κ2) is 8.65. The van der Waals surface area contributed by atoms with Gasteiger partial charge in [0.1, 0.15) is 5.69 Å². The van der Waals surface area contributed by atoms with Gasteiger partial charge in [0.05, 0.1) is 17.2 Å². The molecule has 2 aromatic carbocycles. The van der Waals surface area contributed by atoms with Crippen molar-refractivity contribution >= 4 is 52.6 Å². The van der Waals surface area contributed by atoms with Crippen molar-refractivity contribution < 1.29 is 18.8 Å². The van der Waals surface area contributed by atoms with Gasteiger partial charge in [0.2, 0.25) is 5.88 Å². The van der Waals surface area contributed by atoms with Crippen LogP contribution in [0.25, 0.3) is 11.3 Å². The van der Waals surface area contributed by atoms with Crippen molar-refractivity contribution in [2.45, 2.75) is 6.92 Å². The molecule has 0 spiro atoms. The molecule has 9 heteroatoms. The van der Waals surface area contributed by atoms with Crippen LogP contribution in [0.4, 0.5) is 5.88 Å². The number of esters is 1. The summed E-state index contributed by atoms with van der Waals surface area (Å²) in [6.45, 7) is 1.80. The highest BCUT2D eigenvalue weighted by Gasteiger charge is 2.27. The first-order valence-corrected chi connectivity index (χ1v) is 9.23. The molecular weight excluding hydrogens is 427 g/mol. The number of amides is 1. The Morgan fingerprint density at radius 2 is 1.75 bits per heavy atom. The van der Waals surface area contributed by atoms with Crippen molar-refractivity contribution in [2.75, 3.05) is 11.9 Å². The number of carbonyl (C=O) groups is 2. The monoisotopic (exact) mass is 438 g/mol. The minimum Gasteiger partial charge on any atom is -0.462 e. The summed E-state index contributed by atoms with van der Waals surface area (Å²) in [5.74, 6) is -1.47. The fraction of sp³-hybridized carbons (Fsp3) is 0.105. The highest BCUT2D eigenvalue weighted by atomic mass is 35.5. The molecule has 0 atom stereocenters. The number of hydrogen-bond acceptors (Lipinski definition) is 5. The first kappa shape index (κ1) is 20.2. The van der Waals surface area contributed by atoms with Gasteiger partial charge in [-0.1, -0.05) is 52.1 Å². The zero-order valence-corrected chi connectivity index (χ0v) is 16.7. The quantitative estimate of drug-likeness (QED) is 0.513. The molecule has 1 heterocycles. The number of ether oxygens (including phenoxy) is 1. The molecule has 0 radical (unpaired) electrons. The summed E-state index contributed by atoms with van der Waals surface area (Å²) < 4.78 is 10.3. The standard InChI is InChI=1S/C19H13Cl3N2O4/c1-2-27-19(26)15-16(10-3-5-11(20)6-4-10)24-28-18(15)23-17(25)13-9-12(21)7-8-14(13)22/h3-9H,2H2,1H3,(H,23,25). The smallest absolute Gasteiger partial charge is 0.346 e. The van der Waals surface area contributed by atoms with Crippen molar-refractivity contribution in [3.8, 4) is 11.3 Å². The number of nitrogens with one attached hydrogen (secondary N) is 1. The summed E-state index contributed by atoms with van der Waals surface area (Å²) >= 11 is 17.9. The van der Waals surface area contributed by atoms with Gasteiger partial charge in [-0.15, -0.1) is 0 Å². The number of rotatable bonds is 5. The molecule has 3 aromatic rings. The van der Waals surface area contributed by atoms with Crippen LogP contribution in [0.1, 0.15) is 27.6 Å². The Bertz CT molecular complexity index is 1030. The lowest BCUT2D eigenvalue weighted by molar-refractivity contribution is 0.0528. The minimum atomic E-state index is -0.693. The second-order valence-corrected chi connectivity index (χ2v) is 6.82. The third-order valence-corrected chi connectivity index (χ3v) is 4.51. The number of nitrogens with zero attached hydrogens (tertiary/aromatic N) is 1. The molecule has 1 N–H and O–H groups in total. The Morgan fingerprint density at radius 1 is 1.07 bits per heavy atom. The Morgan fingerprint density at radius 3 is 2.43 bits per heavy atom. The van der Waals surface area contributed by atoms with E-state index in [9.17, 15) is 9.59 Å². The fourth-order valence-electron chi connectivity index (χ4n) is 2.41. The fourth-order valence-corrected chi connectivity index (χ4v) is 2.92. The topological polar surface area (TPSA) is 81.4 Å². The first-order valence-electron chi connectivity index (χ1n) is 8.09. The van der Waals surface area contributed by atoms with Gasteiger partial charge in [-0.3, -0.25) is 10.1 Å². The lowest BCUT2D eigenvalue weighted by Gasteiger charge is -2.07. The van der Waals surface area contributed by atoms with E-state index in [0.717, 1.165) is 0 Å². The van der Waals surface area contributed by atoms with E-state index in [0.29, 0.717) is 15.6 Å². The van der Waals surface area contributed by atoms with E-state index in [4.69, 9.17) is 44.1 Å². The SMILES string of the molecule is CCOC(=O)c1c(-c2ccc(Cl)cc2)noc1NC(=O)c1cc(Cl)ccc1Cl. The van der Waals surface area contributed by atoms with Crippen molar-refractivity contribution in [1.82, 2.24) is 5.16 Å². The second-order valence-electron chi connectivity index (χ2n) is 5.54. The predicted molar refractivity (Wildman–Crippen MR) is 107 cm³/mol. The Labute approximate surface area is 175 Å². The van der Waals surface area contributed by atoms with Crippen molar-refractivity contribution in [3.63, 3.8) is 0 Å². The molecule has 0 aliphatic rings. The lowest BCUT2D eigenvalue weighted by atomic mass is 10.1. The van der Waals surface area contributed by atoms with E-state index < -0.39 is 11.9 Å². The predicted octanol–water partition coefficient (Wildman–Crippen LogP) is 5.73. The van der Waals surface area contributed by atoms with Crippen molar-refractivity contribution in [1.29, 1.82) is 0 Å². The molecule has 6 nitrogen and oxygen atoms in total. The summed E-state index contributed by atoms with van der Waals surface area (Å²) in [4.78, 5) is 25.1. The van der Waals surface area contributed by atoms with Crippen LogP contribution < -0.4 is 5.32 Å². The van der Waals surface area contributed by atoms with Gasteiger partial charge in [0.25, 0.3) is 5.91 Å². The van der Waals surface area contributed by atoms with Crippen LogP contribution in [-0.2, 0) is 4.74 Å². The molecular formula is C19H13Cl3N2O4. The third-order valence-electron chi connectivity index (χ3n) is 3.69. The Kier molecular flexibility index (Phi) is 6.24. The van der Waals surface area contributed by atoms with Gasteiger partial charge in [0.15, 0.2) is 5.56 Å². The average Bonchev–Trinajstić information content (AvgIpc) is 3.08. The molecule has 1 aromatic heterocycles. The number of hydrogen-bond donors (Lipinski definition) is 1. The maximum atomic E-state index is 12.6. The molecule has 0 saturated carbocycles. The van der Waals surface area contributed by atoms with E-state index in [2.05, 4.69) is 10.5 Å². The zero-order valence-electron chi connectivity index (χ0n) is 14.5. The highest BCUT2D eigenvalue weighted by molar-refractivity contribution is 6.36. The van der Waals surface area contributed by atoms with E-state index in [1.165, 1.54) is 12.1 Å². The first-order chi connectivity index (χ1) is 13.4. The van der Waals surface area contributed by atoms with E-state index in [-0.39, 0.29) is 34.3 Å². The summed E-state index contributed by atoms with van der Waals surface area (Å²) in [5, 5.41) is 7.46. The van der Waals surface area contributed by atoms with Crippen LogP contribution in [0.3, 0.4) is 0 Å². The molecule has 0 fully saturated rings. The summed E-state index contributed by atoms with van der Waals surface area (Å²) in [6, 6.07) is 11.1. The van der Waals surface area contributed by atoms with Crippen LogP contribution in [0.15, 0.2) is 47.0 Å². The number of anilines is 1. The van der Waals surface area contributed by atoms with Crippen LogP contribution >= 0.6 is 34.8 Å². The third kappa shape index (κ3) is 4.30. The van der Waals surface area contributed by atoms with Gasteiger partial charge in [-0.05, 0) is 37.3 Å². The van der Waals surface area contributed by atoms with Gasteiger partial charge in [-0.2, -0.15) is 0 Å². The van der Waals surface area contributed by atoms with E-state index >= 15 is 0 Å². The van der Waals surface area contributed by atoms with Crippen molar-refractivity contribution in [3.05, 3.63) is 68.7 Å².